The number of nitrogens with zero attached hydrogens (tertiary/aromatic N) is 1. The molecule has 3 nitrogen and oxygen atoms in total. The molecule has 0 aromatic carbocycles. The summed E-state index contributed by atoms with van der Waals surface area (Å²) in [4.78, 5) is 3.69. The third-order valence-corrected chi connectivity index (χ3v) is 8.11. The molecule has 0 saturated heterocycles. The third kappa shape index (κ3) is 3.97. The zero-order valence-corrected chi connectivity index (χ0v) is 13.1. The van der Waals surface area contributed by atoms with Crippen molar-refractivity contribution in [1.82, 2.24) is 4.98 Å². The van der Waals surface area contributed by atoms with Gasteiger partial charge in [0.05, 0.1) is 0 Å². The van der Waals surface area contributed by atoms with E-state index in [9.17, 15) is 8.78 Å². The Kier molecular flexibility index (Phi) is 4.36. The van der Waals surface area contributed by atoms with E-state index in [-0.39, 0.29) is 16.4 Å². The quantitative estimate of drug-likeness (QED) is 0.858. The lowest BCUT2D eigenvalue weighted by atomic mass is 10.1. The van der Waals surface area contributed by atoms with Crippen LogP contribution in [0.2, 0.25) is 18.1 Å². The molecule has 0 spiro atoms. The van der Waals surface area contributed by atoms with Crippen LogP contribution in [0.4, 0.5) is 14.6 Å². The van der Waals surface area contributed by atoms with Gasteiger partial charge in [-0.15, -0.1) is 0 Å². The van der Waals surface area contributed by atoms with E-state index in [0.717, 1.165) is 6.20 Å². The maximum Gasteiger partial charge on any atom is 0.296 e. The van der Waals surface area contributed by atoms with Crippen LogP contribution < -0.4 is 5.73 Å². The fourth-order valence-corrected chi connectivity index (χ4v) is 2.17. The molecule has 2 N–H and O–H groups in total. The highest BCUT2D eigenvalue weighted by molar-refractivity contribution is 6.74. The smallest absolute Gasteiger partial charge is 0.296 e. The molecule has 1 aromatic rings. The van der Waals surface area contributed by atoms with E-state index >= 15 is 0 Å². The first-order valence-corrected chi connectivity index (χ1v) is 9.10. The van der Waals surface area contributed by atoms with Gasteiger partial charge >= 0.3 is 0 Å². The van der Waals surface area contributed by atoms with Gasteiger partial charge in [0.1, 0.15) is 12.4 Å². The standard InChI is InChI=1S/C13H22F2N2OSi/c1-12(2,3)19(4,5)18-9-13(14,15)10-6-7-11(16)17-8-10/h6-8H,9H2,1-5H3,(H2,16,17). The van der Waals surface area contributed by atoms with E-state index in [2.05, 4.69) is 4.98 Å². The van der Waals surface area contributed by atoms with Crippen LogP contribution in [0, 0.1) is 0 Å². The fraction of sp³-hybridized carbons (Fsp3) is 0.615. The molecule has 0 atom stereocenters. The first-order chi connectivity index (χ1) is 8.46. The van der Waals surface area contributed by atoms with Crippen molar-refractivity contribution in [2.45, 2.75) is 44.8 Å². The van der Waals surface area contributed by atoms with Crippen molar-refractivity contribution >= 4 is 14.1 Å². The molecule has 0 aliphatic rings. The molecule has 19 heavy (non-hydrogen) atoms. The molecule has 0 unspecified atom stereocenters. The summed E-state index contributed by atoms with van der Waals surface area (Å²) in [5.74, 6) is -2.82. The predicted octanol–water partition coefficient (Wildman–Crippen LogP) is 3.78. The Hall–Kier alpha value is -1.01. The van der Waals surface area contributed by atoms with Gasteiger partial charge in [-0.2, -0.15) is 8.78 Å². The van der Waals surface area contributed by atoms with Gasteiger partial charge in [-0.05, 0) is 30.3 Å². The first-order valence-electron chi connectivity index (χ1n) is 6.19. The minimum atomic E-state index is -3.05. The number of hydrogen-bond donors (Lipinski definition) is 1. The number of halogens is 2. The highest BCUT2D eigenvalue weighted by atomic mass is 28.4. The number of nitrogens with two attached hydrogens (primary N) is 1. The average molecular weight is 288 g/mol. The molecule has 1 heterocycles. The Morgan fingerprint density at radius 1 is 1.26 bits per heavy atom. The average Bonchev–Trinajstić information content (AvgIpc) is 2.26. The number of rotatable bonds is 4. The SMILES string of the molecule is CC(C)(C)[Si](C)(C)OCC(F)(F)c1ccc(N)nc1. The van der Waals surface area contributed by atoms with E-state index in [4.69, 9.17) is 10.2 Å². The molecule has 108 valence electrons. The first kappa shape index (κ1) is 16.0. The van der Waals surface area contributed by atoms with Crippen molar-refractivity contribution in [3.05, 3.63) is 23.9 Å². The molecule has 0 aliphatic heterocycles. The van der Waals surface area contributed by atoms with Crippen LogP contribution >= 0.6 is 0 Å². The van der Waals surface area contributed by atoms with Crippen LogP contribution in [0.25, 0.3) is 0 Å². The summed E-state index contributed by atoms with van der Waals surface area (Å²) in [5, 5.41) is -0.0948. The van der Waals surface area contributed by atoms with Gasteiger partial charge in [0, 0.05) is 11.8 Å². The Labute approximate surface area is 114 Å². The van der Waals surface area contributed by atoms with Crippen LogP contribution in [-0.4, -0.2) is 19.9 Å². The van der Waals surface area contributed by atoms with Gasteiger partial charge in [0.2, 0.25) is 0 Å². The van der Waals surface area contributed by atoms with E-state index in [1.165, 1.54) is 12.1 Å². The van der Waals surface area contributed by atoms with Gasteiger partial charge < -0.3 is 10.2 Å². The maximum absolute atomic E-state index is 14.0. The number of hydrogen-bond acceptors (Lipinski definition) is 3. The third-order valence-electron chi connectivity index (χ3n) is 3.63. The molecule has 6 heteroatoms. The summed E-state index contributed by atoms with van der Waals surface area (Å²) in [6.45, 7) is 9.33. The van der Waals surface area contributed by atoms with Gasteiger partial charge in [0.25, 0.3) is 5.92 Å². The zero-order chi connectivity index (χ0) is 14.9. The summed E-state index contributed by atoms with van der Waals surface area (Å²) in [6, 6.07) is 2.66. The fourth-order valence-electron chi connectivity index (χ4n) is 1.19. The van der Waals surface area contributed by atoms with E-state index < -0.39 is 20.8 Å². The van der Waals surface area contributed by atoms with Crippen molar-refractivity contribution in [3.8, 4) is 0 Å². The van der Waals surface area contributed by atoms with Crippen LogP contribution in [0.5, 0.6) is 0 Å². The van der Waals surface area contributed by atoms with E-state index in [0.29, 0.717) is 0 Å². The lowest BCUT2D eigenvalue weighted by molar-refractivity contribution is -0.0511. The normalized spacial score (nSPS) is 13.6. The molecule has 0 fully saturated rings. The predicted molar refractivity (Wildman–Crippen MR) is 75.7 cm³/mol. The van der Waals surface area contributed by atoms with Crippen molar-refractivity contribution in [3.63, 3.8) is 0 Å². The summed E-state index contributed by atoms with van der Waals surface area (Å²) >= 11 is 0. The topological polar surface area (TPSA) is 48.1 Å². The maximum atomic E-state index is 14.0. The minimum absolute atomic E-state index is 0.0948. The van der Waals surface area contributed by atoms with Crippen LogP contribution in [-0.2, 0) is 10.3 Å². The number of nitrogen functional groups attached to an aromatic ring is 1. The molecule has 1 aromatic heterocycles. The van der Waals surface area contributed by atoms with Crippen LogP contribution in [0.15, 0.2) is 18.3 Å². The van der Waals surface area contributed by atoms with Crippen LogP contribution in [0.1, 0.15) is 26.3 Å². The zero-order valence-electron chi connectivity index (χ0n) is 12.1. The molecule has 1 rings (SSSR count). The lowest BCUT2D eigenvalue weighted by Crippen LogP contribution is -2.43. The second-order valence-corrected chi connectivity index (χ2v) is 11.0. The molecular weight excluding hydrogens is 266 g/mol. The molecule has 0 amide bonds. The minimum Gasteiger partial charge on any atom is -0.410 e. The Morgan fingerprint density at radius 3 is 2.26 bits per heavy atom. The Balaban J connectivity index is 2.78. The largest absolute Gasteiger partial charge is 0.410 e. The number of pyridine rings is 1. The summed E-state index contributed by atoms with van der Waals surface area (Å²) in [7, 11) is -2.18. The van der Waals surface area contributed by atoms with Gasteiger partial charge in [-0.3, -0.25) is 0 Å². The highest BCUT2D eigenvalue weighted by Crippen LogP contribution is 2.38. The Bertz CT molecular complexity index is 427. The van der Waals surface area contributed by atoms with Gasteiger partial charge in [0.15, 0.2) is 8.32 Å². The molecule has 0 radical (unpaired) electrons. The molecule has 0 bridgehead atoms. The van der Waals surface area contributed by atoms with Gasteiger partial charge in [-0.1, -0.05) is 20.8 Å². The van der Waals surface area contributed by atoms with Crippen molar-refractivity contribution in [2.75, 3.05) is 12.3 Å². The molecular formula is C13H22F2N2OSi. The summed E-state index contributed by atoms with van der Waals surface area (Å²) < 4.78 is 33.6. The summed E-state index contributed by atoms with van der Waals surface area (Å²) in [6.07, 6.45) is 1.10. The number of anilines is 1. The van der Waals surface area contributed by atoms with E-state index in [1.807, 2.05) is 33.9 Å². The van der Waals surface area contributed by atoms with E-state index in [1.54, 1.807) is 0 Å². The van der Waals surface area contributed by atoms with Gasteiger partial charge in [-0.25, -0.2) is 4.98 Å². The van der Waals surface area contributed by atoms with Crippen molar-refractivity contribution < 1.29 is 13.2 Å². The number of aromatic nitrogens is 1. The molecule has 0 aliphatic carbocycles. The Morgan fingerprint density at radius 2 is 1.84 bits per heavy atom. The number of alkyl halides is 2. The monoisotopic (exact) mass is 288 g/mol. The molecule has 0 saturated carbocycles. The van der Waals surface area contributed by atoms with Crippen molar-refractivity contribution in [1.29, 1.82) is 0 Å². The summed E-state index contributed by atoms with van der Waals surface area (Å²) in [5.41, 5.74) is 5.22. The second kappa shape index (κ2) is 5.17. The second-order valence-electron chi connectivity index (χ2n) is 6.23. The van der Waals surface area contributed by atoms with Crippen molar-refractivity contribution in [2.24, 2.45) is 0 Å². The highest BCUT2D eigenvalue weighted by Gasteiger charge is 2.41. The van der Waals surface area contributed by atoms with Crippen LogP contribution in [0.3, 0.4) is 0 Å². The lowest BCUT2D eigenvalue weighted by Gasteiger charge is -2.37.